The van der Waals surface area contributed by atoms with E-state index >= 15 is 0 Å². The zero-order valence-electron chi connectivity index (χ0n) is 16.3. The zero-order valence-corrected chi connectivity index (χ0v) is 16.3. The van der Waals surface area contributed by atoms with Crippen LogP contribution >= 0.6 is 0 Å². The average Bonchev–Trinajstić information content (AvgIpc) is 2.92. The van der Waals surface area contributed by atoms with Crippen molar-refractivity contribution < 1.29 is 19.4 Å². The van der Waals surface area contributed by atoms with E-state index in [1.165, 1.54) is 7.11 Å². The lowest BCUT2D eigenvalue weighted by molar-refractivity contribution is -0.151. The quantitative estimate of drug-likeness (QED) is 0.722. The Morgan fingerprint density at radius 2 is 2.11 bits per heavy atom. The van der Waals surface area contributed by atoms with Gasteiger partial charge in [0.25, 0.3) is 0 Å². The first kappa shape index (κ1) is 19.8. The van der Waals surface area contributed by atoms with E-state index < -0.39 is 5.60 Å². The molecular weight excluding hydrogens is 350 g/mol. The number of anilines is 1. The summed E-state index contributed by atoms with van der Waals surface area (Å²) < 4.78 is 6.60. The molecule has 9 heteroatoms. The van der Waals surface area contributed by atoms with Crippen molar-refractivity contribution in [2.45, 2.75) is 25.4 Å². The van der Waals surface area contributed by atoms with Crippen LogP contribution in [0.15, 0.2) is 6.20 Å². The normalized spacial score (nSPS) is 25.9. The molecule has 9 nitrogen and oxygen atoms in total. The van der Waals surface area contributed by atoms with Crippen molar-refractivity contribution in [3.63, 3.8) is 0 Å². The highest BCUT2D eigenvalue weighted by molar-refractivity contribution is 5.92. The molecule has 0 unspecified atom stereocenters. The van der Waals surface area contributed by atoms with Crippen LogP contribution < -0.4 is 5.32 Å². The Morgan fingerprint density at radius 1 is 1.37 bits per heavy atom. The molecule has 3 rings (SSSR count). The third-order valence-electron chi connectivity index (χ3n) is 5.63. The van der Waals surface area contributed by atoms with Gasteiger partial charge in [-0.2, -0.15) is 5.10 Å². The molecule has 2 aliphatic heterocycles. The molecule has 0 saturated carbocycles. The van der Waals surface area contributed by atoms with Gasteiger partial charge in [0.2, 0.25) is 11.8 Å². The van der Waals surface area contributed by atoms with E-state index in [0.29, 0.717) is 44.7 Å². The van der Waals surface area contributed by atoms with Gasteiger partial charge < -0.3 is 20.1 Å². The van der Waals surface area contributed by atoms with Crippen LogP contribution in [0.2, 0.25) is 0 Å². The SMILES string of the molecule is COCC(=O)N1CC[C@]2(O)CCN(CC(=O)Nc3cn(C)nc3C)C[C@@H]2C1. The number of aromatic nitrogens is 2. The highest BCUT2D eigenvalue weighted by Crippen LogP contribution is 2.35. The fourth-order valence-electron chi connectivity index (χ4n) is 4.07. The van der Waals surface area contributed by atoms with Crippen molar-refractivity contribution in [1.29, 1.82) is 0 Å². The van der Waals surface area contributed by atoms with Crippen LogP contribution in [0.5, 0.6) is 0 Å². The fourth-order valence-corrected chi connectivity index (χ4v) is 4.07. The summed E-state index contributed by atoms with van der Waals surface area (Å²) in [4.78, 5) is 28.3. The van der Waals surface area contributed by atoms with Gasteiger partial charge in [-0.3, -0.25) is 19.2 Å². The molecule has 1 aromatic rings. The van der Waals surface area contributed by atoms with E-state index in [1.807, 2.05) is 18.9 Å². The van der Waals surface area contributed by atoms with Crippen LogP contribution in [0.1, 0.15) is 18.5 Å². The standard InChI is InChI=1S/C18H29N5O4/c1-13-15(10-21(2)20-13)19-16(24)11-22-6-4-18(26)5-7-23(9-14(18)8-22)17(25)12-27-3/h10,14,26H,4-9,11-12H2,1-3H3,(H,19,24)/t14-,18-/m1/s1. The number of amides is 2. The second kappa shape index (κ2) is 7.95. The molecule has 27 heavy (non-hydrogen) atoms. The van der Waals surface area contributed by atoms with Crippen LogP contribution in [0, 0.1) is 12.8 Å². The summed E-state index contributed by atoms with van der Waals surface area (Å²) in [6.45, 7) is 4.47. The highest BCUT2D eigenvalue weighted by atomic mass is 16.5. The summed E-state index contributed by atoms with van der Waals surface area (Å²) in [5.74, 6) is -0.213. The lowest BCUT2D eigenvalue weighted by Gasteiger charge is -2.50. The van der Waals surface area contributed by atoms with Crippen molar-refractivity contribution in [3.8, 4) is 0 Å². The number of rotatable bonds is 5. The highest BCUT2D eigenvalue weighted by Gasteiger charge is 2.45. The van der Waals surface area contributed by atoms with Crippen molar-refractivity contribution in [2.75, 3.05) is 51.8 Å². The number of hydrogen-bond acceptors (Lipinski definition) is 6. The van der Waals surface area contributed by atoms with Crippen molar-refractivity contribution >= 4 is 17.5 Å². The van der Waals surface area contributed by atoms with Gasteiger partial charge in [-0.05, 0) is 19.8 Å². The smallest absolute Gasteiger partial charge is 0.248 e. The van der Waals surface area contributed by atoms with E-state index in [9.17, 15) is 14.7 Å². The van der Waals surface area contributed by atoms with Crippen molar-refractivity contribution in [1.82, 2.24) is 19.6 Å². The molecule has 2 atom stereocenters. The van der Waals surface area contributed by atoms with E-state index in [2.05, 4.69) is 10.4 Å². The lowest BCUT2D eigenvalue weighted by atomic mass is 9.75. The minimum Gasteiger partial charge on any atom is -0.389 e. The fraction of sp³-hybridized carbons (Fsp3) is 0.722. The number of nitrogens with one attached hydrogen (secondary N) is 1. The molecule has 0 aromatic carbocycles. The summed E-state index contributed by atoms with van der Waals surface area (Å²) in [7, 11) is 3.32. The number of methoxy groups -OCH3 is 1. The van der Waals surface area contributed by atoms with Crippen LogP contribution in [-0.4, -0.2) is 88.5 Å². The Kier molecular flexibility index (Phi) is 5.83. The topological polar surface area (TPSA) is 99.9 Å². The van der Waals surface area contributed by atoms with E-state index in [4.69, 9.17) is 4.74 Å². The number of piperidine rings is 2. The number of aryl methyl sites for hydroxylation is 2. The summed E-state index contributed by atoms with van der Waals surface area (Å²) in [6.07, 6.45) is 2.97. The van der Waals surface area contributed by atoms with E-state index in [1.54, 1.807) is 15.8 Å². The molecular formula is C18H29N5O4. The number of fused-ring (bicyclic) bond motifs is 1. The zero-order chi connectivity index (χ0) is 19.6. The van der Waals surface area contributed by atoms with Crippen LogP contribution in [0.4, 0.5) is 5.69 Å². The summed E-state index contributed by atoms with van der Waals surface area (Å²) >= 11 is 0. The van der Waals surface area contributed by atoms with E-state index in [0.717, 1.165) is 5.69 Å². The molecule has 3 heterocycles. The van der Waals surface area contributed by atoms with Crippen LogP contribution in [0.3, 0.4) is 0 Å². The first-order valence-electron chi connectivity index (χ1n) is 9.32. The third-order valence-corrected chi connectivity index (χ3v) is 5.63. The Balaban J connectivity index is 1.57. The number of aliphatic hydroxyl groups is 1. The Hall–Kier alpha value is -1.97. The molecule has 1 aromatic heterocycles. The molecule has 2 amide bonds. The number of ether oxygens (including phenoxy) is 1. The predicted octanol–water partition coefficient (Wildman–Crippen LogP) is -0.401. The Bertz CT molecular complexity index is 706. The van der Waals surface area contributed by atoms with Gasteiger partial charge in [-0.1, -0.05) is 0 Å². The van der Waals surface area contributed by atoms with Gasteiger partial charge in [0.15, 0.2) is 0 Å². The molecule has 2 N–H and O–H groups in total. The minimum atomic E-state index is -0.753. The number of carbonyl (C=O) groups excluding carboxylic acids is 2. The number of nitrogens with zero attached hydrogens (tertiary/aromatic N) is 4. The third kappa shape index (κ3) is 4.48. The number of likely N-dealkylation sites (tertiary alicyclic amines) is 2. The van der Waals surface area contributed by atoms with Crippen LogP contribution in [0.25, 0.3) is 0 Å². The first-order valence-corrected chi connectivity index (χ1v) is 9.32. The maximum atomic E-state index is 12.4. The molecule has 0 aliphatic carbocycles. The maximum absolute atomic E-state index is 12.4. The van der Waals surface area contributed by atoms with E-state index in [-0.39, 0.29) is 30.9 Å². The molecule has 2 saturated heterocycles. The second-order valence-electron chi connectivity index (χ2n) is 7.66. The van der Waals surface area contributed by atoms with Crippen LogP contribution in [-0.2, 0) is 21.4 Å². The lowest BCUT2D eigenvalue weighted by Crippen LogP contribution is -2.61. The summed E-state index contributed by atoms with van der Waals surface area (Å²) in [5.41, 5.74) is 0.736. The number of carbonyl (C=O) groups is 2. The molecule has 2 fully saturated rings. The molecule has 150 valence electrons. The largest absolute Gasteiger partial charge is 0.389 e. The molecule has 2 aliphatic rings. The van der Waals surface area contributed by atoms with Crippen molar-refractivity contribution in [2.24, 2.45) is 13.0 Å². The van der Waals surface area contributed by atoms with Gasteiger partial charge >= 0.3 is 0 Å². The maximum Gasteiger partial charge on any atom is 0.248 e. The molecule has 0 spiro atoms. The minimum absolute atomic E-state index is 0.0542. The first-order chi connectivity index (χ1) is 12.8. The van der Waals surface area contributed by atoms with Gasteiger partial charge in [0, 0.05) is 52.5 Å². The summed E-state index contributed by atoms with van der Waals surface area (Å²) in [6, 6.07) is 0. The predicted molar refractivity (Wildman–Crippen MR) is 99.1 cm³/mol. The molecule has 0 bridgehead atoms. The van der Waals surface area contributed by atoms with Gasteiger partial charge in [0.05, 0.1) is 23.5 Å². The molecule has 0 radical (unpaired) electrons. The summed E-state index contributed by atoms with van der Waals surface area (Å²) in [5, 5.41) is 18.1. The monoisotopic (exact) mass is 379 g/mol. The van der Waals surface area contributed by atoms with Gasteiger partial charge in [-0.25, -0.2) is 0 Å². The van der Waals surface area contributed by atoms with Crippen molar-refractivity contribution in [3.05, 3.63) is 11.9 Å². The Labute approximate surface area is 159 Å². The average molecular weight is 379 g/mol. The Morgan fingerprint density at radius 3 is 2.78 bits per heavy atom. The van der Waals surface area contributed by atoms with Gasteiger partial charge in [-0.15, -0.1) is 0 Å². The second-order valence-corrected chi connectivity index (χ2v) is 7.66. The van der Waals surface area contributed by atoms with Gasteiger partial charge in [0.1, 0.15) is 6.61 Å². The number of hydrogen-bond donors (Lipinski definition) is 2.